The Hall–Kier alpha value is -2.58. The molecule has 3 aromatic rings. The Balaban J connectivity index is 1.93. The highest BCUT2D eigenvalue weighted by Gasteiger charge is 2.25. The fourth-order valence-corrected chi connectivity index (χ4v) is 3.57. The number of nitriles is 1. The molecule has 0 saturated carbocycles. The first-order valence-corrected chi connectivity index (χ1v) is 8.28. The van der Waals surface area contributed by atoms with Crippen LogP contribution in [0, 0.1) is 11.3 Å². The number of hydrogen-bond acceptors (Lipinski definition) is 4. The molecular formula is C19H13BrN2O2. The largest absolute Gasteiger partial charge is 0.494 e. The molecular weight excluding hydrogens is 368 g/mol. The minimum Gasteiger partial charge on any atom is -0.494 e. The number of rotatable bonds is 3. The van der Waals surface area contributed by atoms with E-state index in [1.54, 1.807) is 13.3 Å². The van der Waals surface area contributed by atoms with Crippen LogP contribution in [0.3, 0.4) is 0 Å². The van der Waals surface area contributed by atoms with Gasteiger partial charge in [-0.2, -0.15) is 5.26 Å². The lowest BCUT2D eigenvalue weighted by Crippen LogP contribution is -2.12. The van der Waals surface area contributed by atoms with Crippen molar-refractivity contribution in [1.29, 1.82) is 5.26 Å². The first-order valence-electron chi connectivity index (χ1n) is 7.49. The molecule has 0 N–H and O–H groups in total. The van der Waals surface area contributed by atoms with Crippen molar-refractivity contribution in [2.24, 2.45) is 0 Å². The number of methoxy groups -OCH3 is 1. The van der Waals surface area contributed by atoms with Crippen molar-refractivity contribution in [3.63, 3.8) is 0 Å². The van der Waals surface area contributed by atoms with E-state index in [2.05, 4.69) is 27.0 Å². The van der Waals surface area contributed by atoms with Gasteiger partial charge < -0.3 is 9.47 Å². The first kappa shape index (κ1) is 15.0. The summed E-state index contributed by atoms with van der Waals surface area (Å²) in [5, 5.41) is 11.7. The summed E-state index contributed by atoms with van der Waals surface area (Å²) in [6, 6.07) is 14.2. The van der Waals surface area contributed by atoms with E-state index < -0.39 is 5.92 Å². The smallest absolute Gasteiger partial charge is 0.144 e. The zero-order valence-corrected chi connectivity index (χ0v) is 14.5. The number of pyridine rings is 1. The summed E-state index contributed by atoms with van der Waals surface area (Å²) >= 11 is 3.56. The van der Waals surface area contributed by atoms with Gasteiger partial charge in [0.25, 0.3) is 0 Å². The van der Waals surface area contributed by atoms with E-state index in [0.29, 0.717) is 12.4 Å². The predicted octanol–water partition coefficient (Wildman–Crippen LogP) is 4.55. The molecule has 5 heteroatoms. The summed E-state index contributed by atoms with van der Waals surface area (Å²) in [5.41, 5.74) is 2.75. The van der Waals surface area contributed by atoms with E-state index in [0.717, 1.165) is 37.8 Å². The van der Waals surface area contributed by atoms with E-state index in [1.165, 1.54) is 0 Å². The Bertz CT molecular complexity index is 995. The third-order valence-electron chi connectivity index (χ3n) is 4.29. The van der Waals surface area contributed by atoms with Crippen LogP contribution in [0.1, 0.15) is 22.7 Å². The fraction of sp³-hybridized carbons (Fsp3) is 0.158. The highest BCUT2D eigenvalue weighted by Crippen LogP contribution is 2.40. The molecule has 0 radical (unpaired) electrons. The van der Waals surface area contributed by atoms with E-state index in [1.807, 2.05) is 36.4 Å². The number of benzene rings is 2. The third-order valence-corrected chi connectivity index (χ3v) is 4.97. The van der Waals surface area contributed by atoms with Crippen molar-refractivity contribution in [3.05, 3.63) is 63.9 Å². The zero-order valence-electron chi connectivity index (χ0n) is 12.9. The van der Waals surface area contributed by atoms with Gasteiger partial charge in [0.2, 0.25) is 0 Å². The molecule has 0 bridgehead atoms. The third kappa shape index (κ3) is 2.22. The first-order chi connectivity index (χ1) is 11.7. The quantitative estimate of drug-likeness (QED) is 0.668. The van der Waals surface area contributed by atoms with Gasteiger partial charge in [0.15, 0.2) is 0 Å². The SMILES string of the molecule is COc1cnc(C(C#N)c2cc3c(cc2Br)OC3)c2ccccc12. The minimum atomic E-state index is -0.471. The Labute approximate surface area is 147 Å². The number of nitrogens with zero attached hydrogens (tertiary/aromatic N) is 2. The monoisotopic (exact) mass is 380 g/mol. The maximum absolute atomic E-state index is 9.85. The summed E-state index contributed by atoms with van der Waals surface area (Å²) in [4.78, 5) is 4.54. The van der Waals surface area contributed by atoms with Crippen molar-refractivity contribution in [1.82, 2.24) is 4.98 Å². The van der Waals surface area contributed by atoms with Crippen LogP contribution in [0.5, 0.6) is 11.5 Å². The van der Waals surface area contributed by atoms with Gasteiger partial charge in [0, 0.05) is 20.8 Å². The predicted molar refractivity (Wildman–Crippen MR) is 94.2 cm³/mol. The second kappa shape index (κ2) is 5.81. The summed E-state index contributed by atoms with van der Waals surface area (Å²) in [6.45, 7) is 0.588. The van der Waals surface area contributed by atoms with Gasteiger partial charge in [-0.3, -0.25) is 4.98 Å². The summed E-state index contributed by atoms with van der Waals surface area (Å²) in [7, 11) is 1.62. The second-order valence-electron chi connectivity index (χ2n) is 5.59. The highest BCUT2D eigenvalue weighted by atomic mass is 79.9. The van der Waals surface area contributed by atoms with Gasteiger partial charge in [0.05, 0.1) is 25.1 Å². The van der Waals surface area contributed by atoms with Crippen LogP contribution >= 0.6 is 15.9 Å². The summed E-state index contributed by atoms with van der Waals surface area (Å²) < 4.78 is 11.6. The second-order valence-corrected chi connectivity index (χ2v) is 6.44. The molecule has 2 aromatic carbocycles. The van der Waals surface area contributed by atoms with Crippen LogP contribution in [-0.2, 0) is 6.61 Å². The van der Waals surface area contributed by atoms with Crippen molar-refractivity contribution in [2.75, 3.05) is 7.11 Å². The van der Waals surface area contributed by atoms with Crippen LogP contribution in [0.25, 0.3) is 10.8 Å². The van der Waals surface area contributed by atoms with Gasteiger partial charge in [0.1, 0.15) is 24.0 Å². The van der Waals surface area contributed by atoms with Gasteiger partial charge >= 0.3 is 0 Å². The van der Waals surface area contributed by atoms with Crippen molar-refractivity contribution >= 4 is 26.7 Å². The minimum absolute atomic E-state index is 0.471. The van der Waals surface area contributed by atoms with E-state index in [-0.39, 0.29) is 0 Å². The maximum Gasteiger partial charge on any atom is 0.144 e. The molecule has 0 amide bonds. The summed E-state index contributed by atoms with van der Waals surface area (Å²) in [6.07, 6.45) is 1.68. The van der Waals surface area contributed by atoms with E-state index in [4.69, 9.17) is 9.47 Å². The highest BCUT2D eigenvalue weighted by molar-refractivity contribution is 9.10. The number of ether oxygens (including phenoxy) is 2. The molecule has 0 saturated heterocycles. The van der Waals surface area contributed by atoms with Gasteiger partial charge in [-0.1, -0.05) is 40.2 Å². The molecule has 2 heterocycles. The Morgan fingerprint density at radius 1 is 1.29 bits per heavy atom. The molecule has 0 fully saturated rings. The molecule has 118 valence electrons. The van der Waals surface area contributed by atoms with Crippen LogP contribution < -0.4 is 9.47 Å². The van der Waals surface area contributed by atoms with Crippen molar-refractivity contribution < 1.29 is 9.47 Å². The lowest BCUT2D eigenvalue weighted by atomic mass is 9.91. The summed E-state index contributed by atoms with van der Waals surface area (Å²) in [5.74, 6) is 1.10. The Morgan fingerprint density at radius 2 is 2.08 bits per heavy atom. The van der Waals surface area contributed by atoms with Crippen LogP contribution in [0.2, 0.25) is 0 Å². The van der Waals surface area contributed by atoms with Crippen LogP contribution in [-0.4, -0.2) is 12.1 Å². The average molecular weight is 381 g/mol. The lowest BCUT2D eigenvalue weighted by molar-refractivity contribution is 0.243. The van der Waals surface area contributed by atoms with Crippen molar-refractivity contribution in [3.8, 4) is 17.6 Å². The van der Waals surface area contributed by atoms with Gasteiger partial charge in [-0.05, 0) is 17.7 Å². The molecule has 1 unspecified atom stereocenters. The maximum atomic E-state index is 9.85. The Morgan fingerprint density at radius 3 is 2.75 bits per heavy atom. The average Bonchev–Trinajstić information content (AvgIpc) is 2.60. The number of hydrogen-bond donors (Lipinski definition) is 0. The molecule has 1 atom stereocenters. The van der Waals surface area contributed by atoms with Gasteiger partial charge in [-0.25, -0.2) is 0 Å². The standard InChI is InChI=1S/C19H13BrN2O2/c1-23-18-9-22-19(13-5-3-2-4-12(13)18)15(8-21)14-6-11-10-24-17(11)7-16(14)20/h2-7,9,15H,10H2,1H3. The molecule has 4 nitrogen and oxygen atoms in total. The molecule has 24 heavy (non-hydrogen) atoms. The molecule has 1 aliphatic heterocycles. The van der Waals surface area contributed by atoms with Crippen LogP contribution in [0.4, 0.5) is 0 Å². The molecule has 4 rings (SSSR count). The normalized spacial score (nSPS) is 13.4. The molecule has 1 aliphatic rings. The van der Waals surface area contributed by atoms with Crippen LogP contribution in [0.15, 0.2) is 47.1 Å². The lowest BCUT2D eigenvalue weighted by Gasteiger charge is -2.23. The molecule has 0 spiro atoms. The van der Waals surface area contributed by atoms with Gasteiger partial charge in [-0.15, -0.1) is 0 Å². The Kier molecular flexibility index (Phi) is 3.62. The topological polar surface area (TPSA) is 55.1 Å². The fourth-order valence-electron chi connectivity index (χ4n) is 3.02. The number of fused-ring (bicyclic) bond motifs is 2. The molecule has 0 aliphatic carbocycles. The van der Waals surface area contributed by atoms with E-state index in [9.17, 15) is 5.26 Å². The number of aromatic nitrogens is 1. The van der Waals surface area contributed by atoms with Crippen molar-refractivity contribution in [2.45, 2.75) is 12.5 Å². The number of halogens is 1. The zero-order chi connectivity index (χ0) is 16.7. The van der Waals surface area contributed by atoms with E-state index >= 15 is 0 Å². The molecule has 1 aromatic heterocycles.